The summed E-state index contributed by atoms with van der Waals surface area (Å²) in [6, 6.07) is 0. The Hall–Kier alpha value is -0.0400. The van der Waals surface area contributed by atoms with Crippen LogP contribution in [-0.2, 0) is 4.74 Å². The third-order valence-corrected chi connectivity index (χ3v) is 4.03. The quantitative estimate of drug-likeness (QED) is 0.606. The summed E-state index contributed by atoms with van der Waals surface area (Å²) in [6.07, 6.45) is 8.16. The lowest BCUT2D eigenvalue weighted by Gasteiger charge is -2.34. The minimum Gasteiger partial charge on any atom is -0.375 e. The predicted molar refractivity (Wildman–Crippen MR) is 54.7 cm³/mol. The van der Waals surface area contributed by atoms with Crippen molar-refractivity contribution in [1.82, 2.24) is 0 Å². The average molecular weight is 182 g/mol. The Balaban J connectivity index is 1.83. The van der Waals surface area contributed by atoms with Gasteiger partial charge < -0.3 is 4.74 Å². The molecular formula is C12H22O. The van der Waals surface area contributed by atoms with Crippen molar-refractivity contribution in [2.45, 2.75) is 58.0 Å². The van der Waals surface area contributed by atoms with Gasteiger partial charge in [-0.3, -0.25) is 0 Å². The van der Waals surface area contributed by atoms with E-state index in [1.165, 1.54) is 38.5 Å². The van der Waals surface area contributed by atoms with Crippen molar-refractivity contribution in [3.8, 4) is 0 Å². The van der Waals surface area contributed by atoms with Gasteiger partial charge in [-0.25, -0.2) is 0 Å². The molecule has 1 heteroatoms. The molecule has 2 aliphatic carbocycles. The fourth-order valence-electron chi connectivity index (χ4n) is 3.18. The van der Waals surface area contributed by atoms with E-state index in [4.69, 9.17) is 4.74 Å². The largest absolute Gasteiger partial charge is 0.375 e. The molecule has 13 heavy (non-hydrogen) atoms. The molecule has 76 valence electrons. The molecule has 3 atom stereocenters. The maximum Gasteiger partial charge on any atom is 0.0685 e. The van der Waals surface area contributed by atoms with Gasteiger partial charge in [0.15, 0.2) is 0 Å². The molecule has 2 rings (SSSR count). The van der Waals surface area contributed by atoms with Crippen LogP contribution in [0.5, 0.6) is 0 Å². The first kappa shape index (κ1) is 9.51. The van der Waals surface area contributed by atoms with Gasteiger partial charge in [0, 0.05) is 6.61 Å². The van der Waals surface area contributed by atoms with Crippen molar-refractivity contribution in [2.75, 3.05) is 6.61 Å². The second-order valence-electron chi connectivity index (χ2n) is 5.09. The lowest BCUT2D eigenvalue weighted by atomic mass is 9.86. The van der Waals surface area contributed by atoms with Gasteiger partial charge in [0.2, 0.25) is 0 Å². The Bertz CT molecular complexity index is 178. The van der Waals surface area contributed by atoms with Crippen molar-refractivity contribution in [2.24, 2.45) is 11.8 Å². The number of hydrogen-bond donors (Lipinski definition) is 0. The van der Waals surface area contributed by atoms with Gasteiger partial charge in [0.25, 0.3) is 0 Å². The van der Waals surface area contributed by atoms with Crippen LogP contribution in [0.15, 0.2) is 0 Å². The SMILES string of the molecule is CCCCOC1(C)CC2CCC1C2. The van der Waals surface area contributed by atoms with Gasteiger partial charge in [0.1, 0.15) is 0 Å². The number of rotatable bonds is 4. The van der Waals surface area contributed by atoms with Crippen molar-refractivity contribution in [3.05, 3.63) is 0 Å². The van der Waals surface area contributed by atoms with Crippen LogP contribution in [0.2, 0.25) is 0 Å². The molecule has 2 aliphatic rings. The number of unbranched alkanes of at least 4 members (excludes halogenated alkanes) is 1. The molecule has 0 saturated heterocycles. The van der Waals surface area contributed by atoms with Crippen LogP contribution in [0.4, 0.5) is 0 Å². The van der Waals surface area contributed by atoms with Gasteiger partial charge >= 0.3 is 0 Å². The highest BCUT2D eigenvalue weighted by atomic mass is 16.5. The van der Waals surface area contributed by atoms with Gasteiger partial charge in [-0.15, -0.1) is 0 Å². The molecule has 0 amide bonds. The van der Waals surface area contributed by atoms with Crippen LogP contribution in [-0.4, -0.2) is 12.2 Å². The fourth-order valence-corrected chi connectivity index (χ4v) is 3.18. The van der Waals surface area contributed by atoms with E-state index < -0.39 is 0 Å². The summed E-state index contributed by atoms with van der Waals surface area (Å²) >= 11 is 0. The van der Waals surface area contributed by atoms with Crippen molar-refractivity contribution in [1.29, 1.82) is 0 Å². The Kier molecular flexibility index (Phi) is 2.64. The zero-order valence-corrected chi connectivity index (χ0v) is 9.01. The van der Waals surface area contributed by atoms with E-state index in [0.29, 0.717) is 0 Å². The molecule has 0 aromatic rings. The summed E-state index contributed by atoms with van der Waals surface area (Å²) in [7, 11) is 0. The molecule has 0 aromatic carbocycles. The zero-order valence-electron chi connectivity index (χ0n) is 9.01. The number of fused-ring (bicyclic) bond motifs is 2. The predicted octanol–water partition coefficient (Wildman–Crippen LogP) is 3.38. The van der Waals surface area contributed by atoms with Crippen molar-refractivity contribution in [3.63, 3.8) is 0 Å². The molecule has 0 heterocycles. The van der Waals surface area contributed by atoms with E-state index in [1.807, 2.05) is 0 Å². The monoisotopic (exact) mass is 182 g/mol. The van der Waals surface area contributed by atoms with Crippen LogP contribution in [0, 0.1) is 11.8 Å². The summed E-state index contributed by atoms with van der Waals surface area (Å²) in [5.74, 6) is 1.88. The van der Waals surface area contributed by atoms with Crippen molar-refractivity contribution >= 4 is 0 Å². The zero-order chi connectivity index (χ0) is 9.31. The average Bonchev–Trinajstić information content (AvgIpc) is 2.64. The van der Waals surface area contributed by atoms with Crippen molar-refractivity contribution < 1.29 is 4.74 Å². The van der Waals surface area contributed by atoms with E-state index >= 15 is 0 Å². The van der Waals surface area contributed by atoms with Gasteiger partial charge in [-0.2, -0.15) is 0 Å². The van der Waals surface area contributed by atoms with Gasteiger partial charge in [0.05, 0.1) is 5.60 Å². The highest BCUT2D eigenvalue weighted by Crippen LogP contribution is 2.52. The summed E-state index contributed by atoms with van der Waals surface area (Å²) in [5.41, 5.74) is 0.262. The first-order valence-corrected chi connectivity index (χ1v) is 5.88. The van der Waals surface area contributed by atoms with E-state index in [2.05, 4.69) is 13.8 Å². The number of hydrogen-bond acceptors (Lipinski definition) is 1. The first-order valence-electron chi connectivity index (χ1n) is 5.88. The second-order valence-corrected chi connectivity index (χ2v) is 5.09. The molecular weight excluding hydrogens is 160 g/mol. The maximum absolute atomic E-state index is 6.06. The normalized spacial score (nSPS) is 42.9. The Morgan fingerprint density at radius 2 is 2.23 bits per heavy atom. The lowest BCUT2D eigenvalue weighted by Crippen LogP contribution is -2.35. The molecule has 0 spiro atoms. The second kappa shape index (κ2) is 3.61. The summed E-state index contributed by atoms with van der Waals surface area (Å²) < 4.78 is 6.06. The smallest absolute Gasteiger partial charge is 0.0685 e. The summed E-state index contributed by atoms with van der Waals surface area (Å²) in [6.45, 7) is 5.55. The molecule has 0 aliphatic heterocycles. The number of ether oxygens (including phenoxy) is 1. The Morgan fingerprint density at radius 1 is 1.38 bits per heavy atom. The maximum atomic E-state index is 6.06. The molecule has 3 unspecified atom stereocenters. The van der Waals surface area contributed by atoms with Gasteiger partial charge in [-0.05, 0) is 50.9 Å². The van der Waals surface area contributed by atoms with Crippen LogP contribution in [0.3, 0.4) is 0 Å². The van der Waals surface area contributed by atoms with E-state index in [-0.39, 0.29) is 5.60 Å². The van der Waals surface area contributed by atoms with E-state index in [1.54, 1.807) is 0 Å². The lowest BCUT2D eigenvalue weighted by molar-refractivity contribution is -0.0702. The molecule has 0 aromatic heterocycles. The van der Waals surface area contributed by atoms with E-state index in [9.17, 15) is 0 Å². The van der Waals surface area contributed by atoms with Crippen LogP contribution in [0.25, 0.3) is 0 Å². The first-order chi connectivity index (χ1) is 6.24. The third kappa shape index (κ3) is 1.76. The molecule has 0 N–H and O–H groups in total. The molecule has 1 nitrogen and oxygen atoms in total. The molecule has 2 fully saturated rings. The fraction of sp³-hybridized carbons (Fsp3) is 1.00. The molecule has 2 bridgehead atoms. The molecule has 2 saturated carbocycles. The standard InChI is InChI=1S/C12H22O/c1-3-4-7-13-12(2)9-10-5-6-11(12)8-10/h10-11H,3-9H2,1-2H3. The minimum atomic E-state index is 0.262. The van der Waals surface area contributed by atoms with Crippen LogP contribution in [0.1, 0.15) is 52.4 Å². The van der Waals surface area contributed by atoms with Crippen LogP contribution < -0.4 is 0 Å². The van der Waals surface area contributed by atoms with Gasteiger partial charge in [-0.1, -0.05) is 13.3 Å². The summed E-state index contributed by atoms with van der Waals surface area (Å²) in [4.78, 5) is 0. The third-order valence-electron chi connectivity index (χ3n) is 4.03. The summed E-state index contributed by atoms with van der Waals surface area (Å²) in [5, 5.41) is 0. The topological polar surface area (TPSA) is 9.23 Å². The Labute approximate surface area is 81.9 Å². The highest BCUT2D eigenvalue weighted by molar-refractivity contribution is 4.99. The highest BCUT2D eigenvalue weighted by Gasteiger charge is 2.48. The Morgan fingerprint density at radius 3 is 2.77 bits per heavy atom. The minimum absolute atomic E-state index is 0.262. The van der Waals surface area contributed by atoms with Crippen LogP contribution >= 0.6 is 0 Å². The molecule has 0 radical (unpaired) electrons. The van der Waals surface area contributed by atoms with E-state index in [0.717, 1.165) is 18.4 Å².